The van der Waals surface area contributed by atoms with Crippen molar-refractivity contribution < 1.29 is 19.2 Å². The average Bonchev–Trinajstić information content (AvgIpc) is 3.00. The molecule has 3 N–H and O–H groups in total. The summed E-state index contributed by atoms with van der Waals surface area (Å²) in [6.07, 6.45) is 0.904. The Kier molecular flexibility index (Phi) is 5.05. The van der Waals surface area contributed by atoms with E-state index in [9.17, 15) is 14.7 Å². The van der Waals surface area contributed by atoms with Gasteiger partial charge in [0.05, 0.1) is 6.10 Å². The molecule has 0 saturated carbocycles. The van der Waals surface area contributed by atoms with E-state index >= 15 is 0 Å². The van der Waals surface area contributed by atoms with Crippen molar-refractivity contribution in [1.29, 1.82) is 0 Å². The fourth-order valence-electron chi connectivity index (χ4n) is 1.69. The van der Waals surface area contributed by atoms with Crippen LogP contribution in [0.1, 0.15) is 18.1 Å². The highest BCUT2D eigenvalue weighted by Crippen LogP contribution is 2.14. The molecule has 1 heterocycles. The summed E-state index contributed by atoms with van der Waals surface area (Å²) in [5.41, 5.74) is 0.763. The zero-order valence-corrected chi connectivity index (χ0v) is 11.2. The number of carbonyl (C=O) groups excluding carboxylic acids is 2. The molecule has 1 aromatic carbocycles. The summed E-state index contributed by atoms with van der Waals surface area (Å²) in [5, 5.41) is 18.1. The highest BCUT2D eigenvalue weighted by molar-refractivity contribution is 6.39. The van der Waals surface area contributed by atoms with Crippen LogP contribution in [0.4, 0.5) is 5.82 Å². The minimum absolute atomic E-state index is 0.166. The Balaban J connectivity index is 1.73. The molecule has 0 radical (unpaired) electrons. The van der Waals surface area contributed by atoms with Crippen LogP contribution in [-0.4, -0.2) is 28.6 Å². The van der Waals surface area contributed by atoms with Gasteiger partial charge in [0, 0.05) is 12.6 Å². The number of amides is 2. The molecule has 1 aromatic heterocycles. The standard InChI is InChI=1S/C14H15N3O4/c18-11(10-4-2-1-3-5-10)6-8-15-13(19)14(20)16-12-7-9-21-17-12/h1-5,7,9,11,18H,6,8H2,(H,15,19)(H,16,17,20)/t11-/m0/s1. The molecule has 0 aliphatic rings. The Morgan fingerprint density at radius 1 is 1.19 bits per heavy atom. The third-order valence-electron chi connectivity index (χ3n) is 2.77. The van der Waals surface area contributed by atoms with Crippen LogP contribution in [0.25, 0.3) is 0 Å². The average molecular weight is 289 g/mol. The Hall–Kier alpha value is -2.67. The van der Waals surface area contributed by atoms with Gasteiger partial charge < -0.3 is 14.9 Å². The highest BCUT2D eigenvalue weighted by Gasteiger charge is 2.15. The van der Waals surface area contributed by atoms with Crippen molar-refractivity contribution in [2.24, 2.45) is 0 Å². The molecule has 0 aliphatic carbocycles. The fourth-order valence-corrected chi connectivity index (χ4v) is 1.69. The van der Waals surface area contributed by atoms with Crippen LogP contribution < -0.4 is 10.6 Å². The maximum absolute atomic E-state index is 11.5. The van der Waals surface area contributed by atoms with Crippen molar-refractivity contribution in [3.8, 4) is 0 Å². The maximum Gasteiger partial charge on any atom is 0.314 e. The van der Waals surface area contributed by atoms with Gasteiger partial charge in [0.25, 0.3) is 0 Å². The zero-order valence-electron chi connectivity index (χ0n) is 11.2. The van der Waals surface area contributed by atoms with Crippen molar-refractivity contribution in [3.63, 3.8) is 0 Å². The molecule has 2 amide bonds. The topological polar surface area (TPSA) is 104 Å². The van der Waals surface area contributed by atoms with Crippen molar-refractivity contribution >= 4 is 17.6 Å². The lowest BCUT2D eigenvalue weighted by Gasteiger charge is -2.11. The summed E-state index contributed by atoms with van der Waals surface area (Å²) >= 11 is 0. The summed E-state index contributed by atoms with van der Waals surface area (Å²) < 4.78 is 4.53. The highest BCUT2D eigenvalue weighted by atomic mass is 16.5. The SMILES string of the molecule is O=C(NCC[C@H](O)c1ccccc1)C(=O)Nc1ccon1. The normalized spacial score (nSPS) is 11.7. The summed E-state index contributed by atoms with van der Waals surface area (Å²) in [4.78, 5) is 23.0. The van der Waals surface area contributed by atoms with Gasteiger partial charge in [-0.1, -0.05) is 35.5 Å². The molecule has 0 unspecified atom stereocenters. The van der Waals surface area contributed by atoms with Crippen LogP contribution in [0.3, 0.4) is 0 Å². The van der Waals surface area contributed by atoms with Crippen molar-refractivity contribution in [3.05, 3.63) is 48.2 Å². The largest absolute Gasteiger partial charge is 0.388 e. The Bertz CT molecular complexity index is 584. The zero-order chi connectivity index (χ0) is 15.1. The monoisotopic (exact) mass is 289 g/mol. The number of nitrogens with one attached hydrogen (secondary N) is 2. The van der Waals surface area contributed by atoms with Gasteiger partial charge in [0.1, 0.15) is 6.26 Å². The number of anilines is 1. The van der Waals surface area contributed by atoms with Gasteiger partial charge in [-0.15, -0.1) is 0 Å². The minimum atomic E-state index is -0.835. The number of hydrogen-bond acceptors (Lipinski definition) is 5. The number of hydrogen-bond donors (Lipinski definition) is 3. The lowest BCUT2D eigenvalue weighted by Crippen LogP contribution is -2.36. The second kappa shape index (κ2) is 7.20. The number of nitrogens with zero attached hydrogens (tertiary/aromatic N) is 1. The predicted octanol–water partition coefficient (Wildman–Crippen LogP) is 0.853. The van der Waals surface area contributed by atoms with E-state index in [-0.39, 0.29) is 12.4 Å². The number of aromatic nitrogens is 1. The lowest BCUT2D eigenvalue weighted by molar-refractivity contribution is -0.136. The molecule has 0 fully saturated rings. The van der Waals surface area contributed by atoms with E-state index in [0.717, 1.165) is 5.56 Å². The summed E-state index contributed by atoms with van der Waals surface area (Å²) in [7, 11) is 0. The van der Waals surface area contributed by atoms with Crippen molar-refractivity contribution in [1.82, 2.24) is 10.5 Å². The second-order valence-corrected chi connectivity index (χ2v) is 4.31. The first-order valence-corrected chi connectivity index (χ1v) is 6.39. The maximum atomic E-state index is 11.5. The number of benzene rings is 1. The molecule has 7 nitrogen and oxygen atoms in total. The Labute approximate surface area is 120 Å². The van der Waals surface area contributed by atoms with Crippen LogP contribution in [0.15, 0.2) is 47.2 Å². The van der Waals surface area contributed by atoms with Gasteiger partial charge in [-0.2, -0.15) is 0 Å². The first-order chi connectivity index (χ1) is 10.2. The van der Waals surface area contributed by atoms with Crippen LogP contribution >= 0.6 is 0 Å². The molecule has 2 rings (SSSR count). The lowest BCUT2D eigenvalue weighted by atomic mass is 10.1. The molecule has 1 atom stereocenters. The van der Waals surface area contributed by atoms with Crippen LogP contribution in [0.5, 0.6) is 0 Å². The Morgan fingerprint density at radius 3 is 2.62 bits per heavy atom. The molecular formula is C14H15N3O4. The molecule has 0 saturated heterocycles. The number of aliphatic hydroxyl groups excluding tert-OH is 1. The number of rotatable bonds is 5. The molecule has 0 aliphatic heterocycles. The van der Waals surface area contributed by atoms with Gasteiger partial charge in [-0.3, -0.25) is 14.9 Å². The van der Waals surface area contributed by atoms with Gasteiger partial charge in [0.15, 0.2) is 5.82 Å². The third kappa shape index (κ3) is 4.43. The van der Waals surface area contributed by atoms with Gasteiger partial charge in [0.2, 0.25) is 0 Å². The van der Waals surface area contributed by atoms with E-state index < -0.39 is 17.9 Å². The van der Waals surface area contributed by atoms with Crippen molar-refractivity contribution in [2.45, 2.75) is 12.5 Å². The summed E-state index contributed by atoms with van der Waals surface area (Å²) in [5.74, 6) is -1.46. The summed E-state index contributed by atoms with van der Waals surface area (Å²) in [6.45, 7) is 0.182. The van der Waals surface area contributed by atoms with E-state index in [1.165, 1.54) is 12.3 Å². The molecule has 7 heteroatoms. The van der Waals surface area contributed by atoms with Crippen LogP contribution in [0.2, 0.25) is 0 Å². The van der Waals surface area contributed by atoms with Crippen molar-refractivity contribution in [2.75, 3.05) is 11.9 Å². The van der Waals surface area contributed by atoms with Gasteiger partial charge >= 0.3 is 11.8 Å². The first-order valence-electron chi connectivity index (χ1n) is 6.39. The molecule has 21 heavy (non-hydrogen) atoms. The minimum Gasteiger partial charge on any atom is -0.388 e. The Morgan fingerprint density at radius 2 is 1.95 bits per heavy atom. The third-order valence-corrected chi connectivity index (χ3v) is 2.77. The van der Waals surface area contributed by atoms with Crippen LogP contribution in [-0.2, 0) is 9.59 Å². The molecule has 110 valence electrons. The number of aliphatic hydroxyl groups is 1. The van der Waals surface area contributed by atoms with Gasteiger partial charge in [-0.25, -0.2) is 0 Å². The fraction of sp³-hybridized carbons (Fsp3) is 0.214. The van der Waals surface area contributed by atoms with E-state index in [2.05, 4.69) is 20.3 Å². The molecule has 0 spiro atoms. The van der Waals surface area contributed by atoms with E-state index in [1.807, 2.05) is 18.2 Å². The number of carbonyl (C=O) groups is 2. The molecule has 2 aromatic rings. The van der Waals surface area contributed by atoms with Gasteiger partial charge in [-0.05, 0) is 12.0 Å². The smallest absolute Gasteiger partial charge is 0.314 e. The van der Waals surface area contributed by atoms with E-state index in [4.69, 9.17) is 0 Å². The van der Waals surface area contributed by atoms with Crippen LogP contribution in [0, 0.1) is 0 Å². The first kappa shape index (κ1) is 14.7. The predicted molar refractivity (Wildman–Crippen MR) is 74.2 cm³/mol. The molecule has 0 bridgehead atoms. The molecular weight excluding hydrogens is 274 g/mol. The quantitative estimate of drug-likeness (QED) is 0.708. The van der Waals surface area contributed by atoms with E-state index in [0.29, 0.717) is 6.42 Å². The van der Waals surface area contributed by atoms with E-state index in [1.54, 1.807) is 12.1 Å². The second-order valence-electron chi connectivity index (χ2n) is 4.31. The summed E-state index contributed by atoms with van der Waals surface area (Å²) in [6, 6.07) is 10.5.